The van der Waals surface area contributed by atoms with Gasteiger partial charge in [-0.1, -0.05) is 6.07 Å². The van der Waals surface area contributed by atoms with Crippen LogP contribution < -0.4 is 26.0 Å². The van der Waals surface area contributed by atoms with Crippen molar-refractivity contribution in [3.63, 3.8) is 0 Å². The first kappa shape index (κ1) is 24.5. The summed E-state index contributed by atoms with van der Waals surface area (Å²) < 4.78 is 37.7. The maximum absolute atomic E-state index is 13.1. The van der Waals surface area contributed by atoms with Gasteiger partial charge in [-0.25, -0.2) is 13.2 Å². The Morgan fingerprint density at radius 2 is 1.91 bits per heavy atom. The lowest BCUT2D eigenvalue weighted by atomic mass is 9.99. The Morgan fingerprint density at radius 3 is 2.58 bits per heavy atom. The number of amides is 1. The van der Waals surface area contributed by atoms with Gasteiger partial charge in [0, 0.05) is 25.3 Å². The summed E-state index contributed by atoms with van der Waals surface area (Å²) in [6, 6.07) is 5.51. The predicted octanol–water partition coefficient (Wildman–Crippen LogP) is 0.148. The molecule has 1 saturated heterocycles. The molecule has 0 unspecified atom stereocenters. The molecule has 1 aromatic heterocycles. The average molecular weight is 481 g/mol. The number of hydrogen-bond acceptors (Lipinski definition) is 7. The van der Waals surface area contributed by atoms with E-state index in [1.54, 1.807) is 20.3 Å². The zero-order chi connectivity index (χ0) is 24.2. The van der Waals surface area contributed by atoms with Gasteiger partial charge in [-0.05, 0) is 43.9 Å². The minimum atomic E-state index is -4.17. The molecule has 0 aliphatic carbocycles. The van der Waals surface area contributed by atoms with Gasteiger partial charge >= 0.3 is 5.69 Å². The maximum Gasteiger partial charge on any atom is 0.325 e. The molecule has 33 heavy (non-hydrogen) atoms. The number of ether oxygens (including phenoxy) is 2. The molecule has 0 saturated carbocycles. The summed E-state index contributed by atoms with van der Waals surface area (Å²) in [6.45, 7) is 1.88. The largest absolute Gasteiger partial charge is 0.493 e. The van der Waals surface area contributed by atoms with Crippen LogP contribution in [-0.2, 0) is 21.2 Å². The molecule has 1 fully saturated rings. The van der Waals surface area contributed by atoms with E-state index < -0.39 is 32.1 Å². The molecule has 0 bridgehead atoms. The van der Waals surface area contributed by atoms with Crippen molar-refractivity contribution in [2.24, 2.45) is 5.92 Å². The van der Waals surface area contributed by atoms with Gasteiger partial charge in [0.25, 0.3) is 5.56 Å². The van der Waals surface area contributed by atoms with Gasteiger partial charge in [0.05, 0.1) is 20.1 Å². The SMILES string of the molecule is COc1ccc(CCNC(=O)[C@@H]2CCCN(S(=O)(=O)c3c(C)[nH]c(=O)[nH]c3=O)C2)cc1OC. The van der Waals surface area contributed by atoms with Crippen LogP contribution in [-0.4, -0.2) is 62.5 Å². The summed E-state index contributed by atoms with van der Waals surface area (Å²) in [5.74, 6) is 0.427. The number of H-pyrrole nitrogens is 2. The zero-order valence-electron chi connectivity index (χ0n) is 18.8. The highest BCUT2D eigenvalue weighted by molar-refractivity contribution is 7.89. The molecule has 1 amide bonds. The molecule has 0 spiro atoms. The van der Waals surface area contributed by atoms with Crippen molar-refractivity contribution in [2.75, 3.05) is 33.9 Å². The Bertz CT molecular complexity index is 1240. The minimum Gasteiger partial charge on any atom is -0.493 e. The summed E-state index contributed by atoms with van der Waals surface area (Å²) >= 11 is 0. The highest BCUT2D eigenvalue weighted by Gasteiger charge is 2.35. The second-order valence-corrected chi connectivity index (χ2v) is 9.67. The molecule has 3 rings (SSSR count). The first-order chi connectivity index (χ1) is 15.7. The molecule has 0 radical (unpaired) electrons. The number of aromatic nitrogens is 2. The number of piperidine rings is 1. The Morgan fingerprint density at radius 1 is 1.18 bits per heavy atom. The van der Waals surface area contributed by atoms with Crippen LogP contribution in [0.3, 0.4) is 0 Å². The van der Waals surface area contributed by atoms with Crippen molar-refractivity contribution >= 4 is 15.9 Å². The van der Waals surface area contributed by atoms with Crippen molar-refractivity contribution in [2.45, 2.75) is 31.1 Å². The molecule has 180 valence electrons. The van der Waals surface area contributed by atoms with E-state index in [9.17, 15) is 22.8 Å². The van der Waals surface area contributed by atoms with Gasteiger partial charge in [0.1, 0.15) is 0 Å². The fourth-order valence-electron chi connectivity index (χ4n) is 3.91. The average Bonchev–Trinajstić information content (AvgIpc) is 2.78. The first-order valence-corrected chi connectivity index (χ1v) is 11.9. The van der Waals surface area contributed by atoms with E-state index in [0.29, 0.717) is 37.3 Å². The number of carbonyl (C=O) groups is 1. The van der Waals surface area contributed by atoms with E-state index in [1.165, 1.54) is 6.92 Å². The number of aromatic amines is 2. The van der Waals surface area contributed by atoms with Gasteiger partial charge in [0.15, 0.2) is 16.4 Å². The number of rotatable bonds is 8. The fraction of sp³-hybridized carbons (Fsp3) is 0.476. The van der Waals surface area contributed by atoms with Gasteiger partial charge < -0.3 is 19.8 Å². The molecule has 1 aromatic carbocycles. The Labute approximate surface area is 191 Å². The van der Waals surface area contributed by atoms with Crippen molar-refractivity contribution in [1.29, 1.82) is 0 Å². The molecular weight excluding hydrogens is 452 g/mol. The molecule has 1 aliphatic heterocycles. The highest BCUT2D eigenvalue weighted by Crippen LogP contribution is 2.27. The van der Waals surface area contributed by atoms with Crippen molar-refractivity contribution in [3.05, 3.63) is 50.3 Å². The van der Waals surface area contributed by atoms with Crippen LogP contribution in [0.4, 0.5) is 0 Å². The smallest absolute Gasteiger partial charge is 0.325 e. The standard InChI is InChI=1S/C21H28N4O7S/c1-13-18(20(27)24-21(28)23-13)33(29,30)25-10-4-5-15(12-25)19(26)22-9-8-14-6-7-16(31-2)17(11-14)32-3/h6-7,11,15H,4-5,8-10,12H2,1-3H3,(H,22,26)(H2,23,24,27,28)/t15-/m1/s1. The molecule has 3 N–H and O–H groups in total. The monoisotopic (exact) mass is 480 g/mol. The van der Waals surface area contributed by atoms with Crippen LogP contribution >= 0.6 is 0 Å². The van der Waals surface area contributed by atoms with Crippen molar-refractivity contribution in [3.8, 4) is 11.5 Å². The number of nitrogens with zero attached hydrogens (tertiary/aromatic N) is 1. The highest BCUT2D eigenvalue weighted by atomic mass is 32.2. The lowest BCUT2D eigenvalue weighted by Gasteiger charge is -2.31. The fourth-order valence-corrected chi connectivity index (χ4v) is 5.64. The van der Waals surface area contributed by atoms with E-state index in [-0.39, 0.29) is 24.7 Å². The minimum absolute atomic E-state index is 0.0368. The number of sulfonamides is 1. The third kappa shape index (κ3) is 5.45. The number of nitrogens with one attached hydrogen (secondary N) is 3. The second kappa shape index (κ2) is 10.2. The van der Waals surface area contributed by atoms with Crippen LogP contribution in [0.25, 0.3) is 0 Å². The molecule has 12 heteroatoms. The van der Waals surface area contributed by atoms with E-state index in [4.69, 9.17) is 9.47 Å². The van der Waals surface area contributed by atoms with Gasteiger partial charge in [-0.2, -0.15) is 4.31 Å². The number of carbonyl (C=O) groups excluding carboxylic acids is 1. The van der Waals surface area contributed by atoms with E-state index in [0.717, 1.165) is 9.87 Å². The van der Waals surface area contributed by atoms with Gasteiger partial charge in [0.2, 0.25) is 15.9 Å². The van der Waals surface area contributed by atoms with Crippen LogP contribution in [0, 0.1) is 12.8 Å². The number of benzene rings is 1. The van der Waals surface area contributed by atoms with Crippen LogP contribution in [0.2, 0.25) is 0 Å². The third-order valence-corrected chi connectivity index (χ3v) is 7.61. The van der Waals surface area contributed by atoms with Gasteiger partial charge in [-0.15, -0.1) is 0 Å². The normalized spacial score (nSPS) is 16.9. The summed E-state index contributed by atoms with van der Waals surface area (Å²) in [4.78, 5) is 40.0. The zero-order valence-corrected chi connectivity index (χ0v) is 19.6. The number of aryl methyl sites for hydroxylation is 1. The van der Waals surface area contributed by atoms with Crippen molar-refractivity contribution < 1.29 is 22.7 Å². The lowest BCUT2D eigenvalue weighted by Crippen LogP contribution is -2.47. The molecule has 11 nitrogen and oxygen atoms in total. The summed E-state index contributed by atoms with van der Waals surface area (Å²) in [7, 11) is -1.06. The molecule has 2 aromatic rings. The van der Waals surface area contributed by atoms with E-state index in [2.05, 4.69) is 10.3 Å². The number of methoxy groups -OCH3 is 2. The molecular formula is C21H28N4O7S. The van der Waals surface area contributed by atoms with Crippen molar-refractivity contribution in [1.82, 2.24) is 19.6 Å². The molecule has 1 aliphatic rings. The third-order valence-electron chi connectivity index (χ3n) is 5.59. The summed E-state index contributed by atoms with van der Waals surface area (Å²) in [5, 5.41) is 2.86. The van der Waals surface area contributed by atoms with E-state index >= 15 is 0 Å². The lowest BCUT2D eigenvalue weighted by molar-refractivity contribution is -0.126. The van der Waals surface area contributed by atoms with Crippen LogP contribution in [0.15, 0.2) is 32.7 Å². The molecule has 1 atom stereocenters. The number of hydrogen-bond donors (Lipinski definition) is 3. The Kier molecular flexibility index (Phi) is 7.59. The Hall–Kier alpha value is -3.12. The van der Waals surface area contributed by atoms with Gasteiger partial charge in [-0.3, -0.25) is 14.6 Å². The maximum atomic E-state index is 13.1. The topological polar surface area (TPSA) is 151 Å². The molecule has 2 heterocycles. The second-order valence-electron chi connectivity index (χ2n) is 7.79. The Balaban J connectivity index is 1.64. The predicted molar refractivity (Wildman–Crippen MR) is 120 cm³/mol. The summed E-state index contributed by atoms with van der Waals surface area (Å²) in [6.07, 6.45) is 1.58. The first-order valence-electron chi connectivity index (χ1n) is 10.5. The summed E-state index contributed by atoms with van der Waals surface area (Å²) in [5.41, 5.74) is -0.835. The quantitative estimate of drug-likeness (QED) is 0.486. The van der Waals surface area contributed by atoms with E-state index in [1.807, 2.05) is 17.1 Å². The van der Waals surface area contributed by atoms with Crippen LogP contribution in [0.1, 0.15) is 24.1 Å². The van der Waals surface area contributed by atoms with Crippen LogP contribution in [0.5, 0.6) is 11.5 Å².